The van der Waals surface area contributed by atoms with Gasteiger partial charge in [0.15, 0.2) is 0 Å². The van der Waals surface area contributed by atoms with Crippen molar-refractivity contribution in [1.82, 2.24) is 15.4 Å². The maximum absolute atomic E-state index is 5.21. The fourth-order valence-electron chi connectivity index (χ4n) is 2.14. The second-order valence-corrected chi connectivity index (χ2v) is 4.59. The highest BCUT2D eigenvalue weighted by molar-refractivity contribution is 5.20. The average Bonchev–Trinajstić information content (AvgIpc) is 2.47. The second-order valence-electron chi connectivity index (χ2n) is 4.59. The summed E-state index contributed by atoms with van der Waals surface area (Å²) in [6, 6.07) is 0.689. The summed E-state index contributed by atoms with van der Waals surface area (Å²) in [6.07, 6.45) is 1.19. The summed E-state index contributed by atoms with van der Waals surface area (Å²) < 4.78 is 5.21. The van der Waals surface area contributed by atoms with Crippen molar-refractivity contribution in [3.8, 4) is 0 Å². The molecule has 1 aromatic heterocycles. The molecule has 1 saturated heterocycles. The summed E-state index contributed by atoms with van der Waals surface area (Å²) in [4.78, 5) is 2.53. The number of nitrogens with zero attached hydrogens (tertiary/aromatic N) is 2. The summed E-state index contributed by atoms with van der Waals surface area (Å²) >= 11 is 0. The normalized spacial score (nSPS) is 16.8. The number of hydrogen-bond donors (Lipinski definition) is 1. The molecule has 0 aromatic carbocycles. The van der Waals surface area contributed by atoms with Crippen LogP contribution in [0.3, 0.4) is 0 Å². The van der Waals surface area contributed by atoms with Crippen molar-refractivity contribution >= 4 is 0 Å². The van der Waals surface area contributed by atoms with Crippen molar-refractivity contribution in [2.24, 2.45) is 0 Å². The van der Waals surface area contributed by atoms with Crippen LogP contribution in [0.1, 0.15) is 30.4 Å². The van der Waals surface area contributed by atoms with Crippen LogP contribution in [0.5, 0.6) is 0 Å². The van der Waals surface area contributed by atoms with Gasteiger partial charge in [0.2, 0.25) is 0 Å². The lowest BCUT2D eigenvalue weighted by atomic mass is 10.1. The minimum atomic E-state index is 0.689. The van der Waals surface area contributed by atoms with Crippen molar-refractivity contribution in [1.29, 1.82) is 0 Å². The lowest BCUT2D eigenvalue weighted by Crippen LogP contribution is -2.57. The van der Waals surface area contributed by atoms with E-state index in [0.29, 0.717) is 6.04 Å². The molecule has 0 spiro atoms. The molecule has 0 aliphatic carbocycles. The SMILES string of the molecule is CCCN(Cc1c(C)noc1C)C1CNC1. The van der Waals surface area contributed by atoms with Gasteiger partial charge < -0.3 is 9.84 Å². The van der Waals surface area contributed by atoms with E-state index in [-0.39, 0.29) is 0 Å². The van der Waals surface area contributed by atoms with Crippen LogP contribution in [0, 0.1) is 13.8 Å². The predicted molar refractivity (Wildman–Crippen MR) is 63.3 cm³/mol. The fourth-order valence-corrected chi connectivity index (χ4v) is 2.14. The van der Waals surface area contributed by atoms with Gasteiger partial charge in [0.05, 0.1) is 5.69 Å². The highest BCUT2D eigenvalue weighted by Gasteiger charge is 2.25. The first kappa shape index (κ1) is 11.6. The molecule has 0 unspecified atom stereocenters. The fraction of sp³-hybridized carbons (Fsp3) is 0.750. The first-order valence-corrected chi connectivity index (χ1v) is 6.09. The van der Waals surface area contributed by atoms with Crippen LogP contribution in [0.4, 0.5) is 0 Å². The lowest BCUT2D eigenvalue weighted by molar-refractivity contribution is 0.137. The predicted octanol–water partition coefficient (Wildman–Crippen LogP) is 1.48. The average molecular weight is 223 g/mol. The first-order chi connectivity index (χ1) is 7.72. The van der Waals surface area contributed by atoms with Crippen LogP contribution in [0.15, 0.2) is 4.52 Å². The van der Waals surface area contributed by atoms with E-state index in [4.69, 9.17) is 4.52 Å². The lowest BCUT2D eigenvalue weighted by Gasteiger charge is -2.38. The largest absolute Gasteiger partial charge is 0.361 e. The molecule has 4 heteroatoms. The van der Waals surface area contributed by atoms with Crippen molar-refractivity contribution in [3.63, 3.8) is 0 Å². The van der Waals surface area contributed by atoms with E-state index in [1.807, 2.05) is 13.8 Å². The molecular formula is C12H21N3O. The minimum Gasteiger partial charge on any atom is -0.361 e. The Morgan fingerprint density at radius 2 is 2.19 bits per heavy atom. The van der Waals surface area contributed by atoms with Gasteiger partial charge in [0.25, 0.3) is 0 Å². The topological polar surface area (TPSA) is 41.3 Å². The summed E-state index contributed by atoms with van der Waals surface area (Å²) in [7, 11) is 0. The van der Waals surface area contributed by atoms with Gasteiger partial charge in [0, 0.05) is 31.2 Å². The summed E-state index contributed by atoms with van der Waals surface area (Å²) in [5, 5.41) is 7.34. The van der Waals surface area contributed by atoms with Gasteiger partial charge in [-0.1, -0.05) is 12.1 Å². The molecule has 0 amide bonds. The number of aromatic nitrogens is 1. The van der Waals surface area contributed by atoms with Gasteiger partial charge in [-0.15, -0.1) is 0 Å². The van der Waals surface area contributed by atoms with E-state index in [1.54, 1.807) is 0 Å². The van der Waals surface area contributed by atoms with E-state index in [2.05, 4.69) is 22.3 Å². The maximum Gasteiger partial charge on any atom is 0.138 e. The van der Waals surface area contributed by atoms with Gasteiger partial charge in [-0.25, -0.2) is 0 Å². The van der Waals surface area contributed by atoms with Gasteiger partial charge in [0.1, 0.15) is 5.76 Å². The third-order valence-electron chi connectivity index (χ3n) is 3.33. The Morgan fingerprint density at radius 3 is 2.62 bits per heavy atom. The Labute approximate surface area is 97.0 Å². The third-order valence-corrected chi connectivity index (χ3v) is 3.33. The molecule has 0 saturated carbocycles. The molecule has 0 bridgehead atoms. The van der Waals surface area contributed by atoms with Crippen LogP contribution in [-0.2, 0) is 6.54 Å². The van der Waals surface area contributed by atoms with E-state index in [0.717, 1.165) is 37.6 Å². The molecule has 2 rings (SSSR count). The van der Waals surface area contributed by atoms with Crippen LogP contribution in [0.2, 0.25) is 0 Å². The van der Waals surface area contributed by atoms with E-state index < -0.39 is 0 Å². The quantitative estimate of drug-likeness (QED) is 0.821. The van der Waals surface area contributed by atoms with Gasteiger partial charge in [-0.05, 0) is 26.8 Å². The molecule has 1 aliphatic heterocycles. The molecule has 90 valence electrons. The van der Waals surface area contributed by atoms with Crippen molar-refractivity contribution in [2.75, 3.05) is 19.6 Å². The smallest absolute Gasteiger partial charge is 0.138 e. The van der Waals surface area contributed by atoms with Crippen LogP contribution in [0.25, 0.3) is 0 Å². The molecule has 0 radical (unpaired) electrons. The van der Waals surface area contributed by atoms with Crippen molar-refractivity contribution < 1.29 is 4.52 Å². The maximum atomic E-state index is 5.21. The Balaban J connectivity index is 2.04. The van der Waals surface area contributed by atoms with Gasteiger partial charge >= 0.3 is 0 Å². The van der Waals surface area contributed by atoms with E-state index in [9.17, 15) is 0 Å². The molecule has 4 nitrogen and oxygen atoms in total. The third kappa shape index (κ3) is 2.28. The van der Waals surface area contributed by atoms with Gasteiger partial charge in [-0.2, -0.15) is 0 Å². The number of nitrogens with one attached hydrogen (secondary N) is 1. The summed E-state index contributed by atoms with van der Waals surface area (Å²) in [6.45, 7) is 10.6. The van der Waals surface area contributed by atoms with E-state index in [1.165, 1.54) is 12.0 Å². The molecule has 1 N–H and O–H groups in total. The number of rotatable bonds is 5. The zero-order chi connectivity index (χ0) is 11.5. The molecule has 2 heterocycles. The molecule has 0 atom stereocenters. The Bertz CT molecular complexity index is 325. The minimum absolute atomic E-state index is 0.689. The zero-order valence-corrected chi connectivity index (χ0v) is 10.4. The van der Waals surface area contributed by atoms with Crippen LogP contribution in [-0.4, -0.2) is 35.7 Å². The summed E-state index contributed by atoms with van der Waals surface area (Å²) in [5.74, 6) is 0.964. The zero-order valence-electron chi connectivity index (χ0n) is 10.4. The monoisotopic (exact) mass is 223 g/mol. The molecule has 16 heavy (non-hydrogen) atoms. The highest BCUT2D eigenvalue weighted by atomic mass is 16.5. The van der Waals surface area contributed by atoms with Crippen LogP contribution >= 0.6 is 0 Å². The molecule has 1 aliphatic rings. The van der Waals surface area contributed by atoms with Crippen LogP contribution < -0.4 is 5.32 Å². The van der Waals surface area contributed by atoms with Gasteiger partial charge in [-0.3, -0.25) is 4.90 Å². The molecular weight excluding hydrogens is 202 g/mol. The Hall–Kier alpha value is -0.870. The number of aryl methyl sites for hydroxylation is 2. The number of hydrogen-bond acceptors (Lipinski definition) is 4. The first-order valence-electron chi connectivity index (χ1n) is 6.09. The highest BCUT2D eigenvalue weighted by Crippen LogP contribution is 2.18. The van der Waals surface area contributed by atoms with E-state index >= 15 is 0 Å². The summed E-state index contributed by atoms with van der Waals surface area (Å²) in [5.41, 5.74) is 2.30. The Kier molecular flexibility index (Phi) is 3.61. The molecule has 1 aromatic rings. The Morgan fingerprint density at radius 1 is 1.44 bits per heavy atom. The second kappa shape index (κ2) is 4.97. The standard InChI is InChI=1S/C12H21N3O/c1-4-5-15(11-6-13-7-11)8-12-9(2)14-16-10(12)3/h11,13H,4-8H2,1-3H3. The molecule has 1 fully saturated rings. The van der Waals surface area contributed by atoms with Crippen molar-refractivity contribution in [3.05, 3.63) is 17.0 Å². The van der Waals surface area contributed by atoms with Crippen molar-refractivity contribution in [2.45, 2.75) is 39.8 Å².